The molecule has 1 amide bonds. The molecule has 6 nitrogen and oxygen atoms in total. The summed E-state index contributed by atoms with van der Waals surface area (Å²) in [5.74, 6) is 0.575. The number of amides is 1. The molecule has 0 saturated heterocycles. The molecule has 4 N–H and O–H groups in total. The maximum absolute atomic E-state index is 11.7. The molecule has 0 aliphatic heterocycles. The quantitative estimate of drug-likeness (QED) is 0.412. The number of guanidine groups is 1. The molecule has 1 unspecified atom stereocenters. The van der Waals surface area contributed by atoms with Crippen molar-refractivity contribution in [1.29, 1.82) is 0 Å². The van der Waals surface area contributed by atoms with Crippen LogP contribution in [0.25, 0.3) is 0 Å². The summed E-state index contributed by atoms with van der Waals surface area (Å²) in [6.45, 7) is 5.45. The predicted molar refractivity (Wildman–Crippen MR) is 111 cm³/mol. The summed E-state index contributed by atoms with van der Waals surface area (Å²) < 4.78 is 0. The number of hydrogen-bond donors (Lipinski definition) is 4. The molecule has 0 saturated carbocycles. The lowest BCUT2D eigenvalue weighted by Crippen LogP contribution is -2.39. The Kier molecular flexibility index (Phi) is 7.82. The topological polar surface area (TPSA) is 85.8 Å². The van der Waals surface area contributed by atoms with Crippen molar-refractivity contribution in [2.24, 2.45) is 4.99 Å². The van der Waals surface area contributed by atoms with E-state index in [9.17, 15) is 9.90 Å². The van der Waals surface area contributed by atoms with Crippen molar-refractivity contribution < 1.29 is 9.90 Å². The lowest BCUT2D eigenvalue weighted by atomic mass is 10.00. The minimum absolute atomic E-state index is 0.0876. The van der Waals surface area contributed by atoms with E-state index in [1.54, 1.807) is 31.4 Å². The highest BCUT2D eigenvalue weighted by Gasteiger charge is 2.23. The number of nitrogens with zero attached hydrogens (tertiary/aromatic N) is 1. The van der Waals surface area contributed by atoms with Crippen LogP contribution >= 0.6 is 11.3 Å². The Morgan fingerprint density at radius 2 is 2.11 bits per heavy atom. The van der Waals surface area contributed by atoms with Crippen LogP contribution in [0, 0.1) is 0 Å². The molecule has 2 aromatic rings. The average Bonchev–Trinajstić information content (AvgIpc) is 3.21. The fourth-order valence-corrected chi connectivity index (χ4v) is 3.36. The van der Waals surface area contributed by atoms with Gasteiger partial charge in [-0.15, -0.1) is 0 Å². The van der Waals surface area contributed by atoms with E-state index in [2.05, 4.69) is 20.9 Å². The Hall–Kier alpha value is -2.38. The van der Waals surface area contributed by atoms with E-state index in [0.29, 0.717) is 18.1 Å². The van der Waals surface area contributed by atoms with Gasteiger partial charge in [-0.05, 0) is 60.4 Å². The third kappa shape index (κ3) is 6.37. The summed E-state index contributed by atoms with van der Waals surface area (Å²) in [7, 11) is 1.63. The second-order valence-corrected chi connectivity index (χ2v) is 7.22. The van der Waals surface area contributed by atoms with E-state index < -0.39 is 5.60 Å². The molecule has 1 atom stereocenters. The minimum atomic E-state index is -0.996. The van der Waals surface area contributed by atoms with Crippen molar-refractivity contribution in [2.75, 3.05) is 26.7 Å². The van der Waals surface area contributed by atoms with Crippen LogP contribution in [0.4, 0.5) is 0 Å². The van der Waals surface area contributed by atoms with Gasteiger partial charge in [0.1, 0.15) is 5.60 Å². The van der Waals surface area contributed by atoms with Gasteiger partial charge >= 0.3 is 0 Å². The Labute approximate surface area is 164 Å². The van der Waals surface area contributed by atoms with Gasteiger partial charge < -0.3 is 21.1 Å². The standard InChI is InChI=1S/C20H28N4O2S/c1-4-22-19(24-14-20(2,26)17-9-11-27-13-17)23-10-8-15-6-5-7-16(12-15)18(25)21-3/h5-7,9,11-13,26H,4,8,10,14H2,1-3H3,(H,21,25)(H2,22,23,24). The number of nitrogens with one attached hydrogen (secondary N) is 3. The third-order valence-corrected chi connectivity index (χ3v) is 4.84. The molecule has 7 heteroatoms. The number of carbonyl (C=O) groups is 1. The molecule has 27 heavy (non-hydrogen) atoms. The Morgan fingerprint density at radius 3 is 2.78 bits per heavy atom. The predicted octanol–water partition coefficient (Wildman–Crippen LogP) is 2.11. The lowest BCUT2D eigenvalue weighted by Gasteiger charge is -2.21. The number of hydrogen-bond acceptors (Lipinski definition) is 4. The van der Waals surface area contributed by atoms with E-state index >= 15 is 0 Å². The van der Waals surface area contributed by atoms with Crippen molar-refractivity contribution in [2.45, 2.75) is 25.9 Å². The molecule has 1 heterocycles. The first-order chi connectivity index (χ1) is 13.0. The number of carbonyl (C=O) groups excluding carboxylic acids is 1. The summed E-state index contributed by atoms with van der Waals surface area (Å²) in [6.07, 6.45) is 0.760. The average molecular weight is 389 g/mol. The van der Waals surface area contributed by atoms with Crippen LogP contribution in [0.15, 0.2) is 46.1 Å². The SMILES string of the molecule is CCNC(=NCC(C)(O)c1ccsc1)NCCc1cccc(C(=O)NC)c1. The zero-order valence-corrected chi connectivity index (χ0v) is 16.9. The van der Waals surface area contributed by atoms with Gasteiger partial charge in [0.2, 0.25) is 0 Å². The van der Waals surface area contributed by atoms with Crippen LogP contribution < -0.4 is 16.0 Å². The highest BCUT2D eigenvalue weighted by atomic mass is 32.1. The van der Waals surface area contributed by atoms with Crippen molar-refractivity contribution in [3.8, 4) is 0 Å². The van der Waals surface area contributed by atoms with E-state index in [1.165, 1.54) is 0 Å². The van der Waals surface area contributed by atoms with Crippen molar-refractivity contribution in [1.82, 2.24) is 16.0 Å². The molecule has 0 aliphatic carbocycles. The molecule has 2 rings (SSSR count). The Balaban J connectivity index is 1.93. The van der Waals surface area contributed by atoms with Gasteiger partial charge in [-0.25, -0.2) is 4.99 Å². The number of benzene rings is 1. The summed E-state index contributed by atoms with van der Waals surface area (Å²) in [5, 5.41) is 23.6. The zero-order valence-electron chi connectivity index (χ0n) is 16.1. The molecule has 0 aliphatic rings. The van der Waals surface area contributed by atoms with Gasteiger partial charge in [0, 0.05) is 25.7 Å². The lowest BCUT2D eigenvalue weighted by molar-refractivity contribution is 0.0677. The monoisotopic (exact) mass is 388 g/mol. The second-order valence-electron chi connectivity index (χ2n) is 6.44. The van der Waals surface area contributed by atoms with Gasteiger partial charge in [0.25, 0.3) is 5.91 Å². The smallest absolute Gasteiger partial charge is 0.251 e. The summed E-state index contributed by atoms with van der Waals surface area (Å²) in [6, 6.07) is 9.50. The van der Waals surface area contributed by atoms with Crippen LogP contribution in [-0.4, -0.2) is 43.7 Å². The highest BCUT2D eigenvalue weighted by Crippen LogP contribution is 2.23. The van der Waals surface area contributed by atoms with Gasteiger partial charge in [-0.1, -0.05) is 12.1 Å². The normalized spacial score (nSPS) is 13.7. The molecular formula is C20H28N4O2S. The van der Waals surface area contributed by atoms with E-state index in [-0.39, 0.29) is 12.5 Å². The summed E-state index contributed by atoms with van der Waals surface area (Å²) >= 11 is 1.56. The van der Waals surface area contributed by atoms with Crippen LogP contribution in [0.5, 0.6) is 0 Å². The maximum Gasteiger partial charge on any atom is 0.251 e. The van der Waals surface area contributed by atoms with Gasteiger partial charge in [0.15, 0.2) is 5.96 Å². The molecule has 146 valence electrons. The second kappa shape index (κ2) is 10.1. The Bertz CT molecular complexity index is 757. The molecular weight excluding hydrogens is 360 g/mol. The van der Waals surface area contributed by atoms with E-state index in [1.807, 2.05) is 41.9 Å². The third-order valence-electron chi connectivity index (χ3n) is 4.15. The van der Waals surface area contributed by atoms with E-state index in [0.717, 1.165) is 24.1 Å². The molecule has 0 bridgehead atoms. The Morgan fingerprint density at radius 1 is 1.30 bits per heavy atom. The molecule has 0 radical (unpaired) electrons. The number of rotatable bonds is 8. The molecule has 0 fully saturated rings. The summed E-state index contributed by atoms with van der Waals surface area (Å²) in [4.78, 5) is 16.2. The summed E-state index contributed by atoms with van der Waals surface area (Å²) in [5.41, 5.74) is 1.61. The van der Waals surface area contributed by atoms with Crippen LogP contribution in [0.1, 0.15) is 35.3 Å². The fourth-order valence-electron chi connectivity index (χ4n) is 2.57. The fraction of sp³-hybridized carbons (Fsp3) is 0.400. The molecule has 0 spiro atoms. The largest absolute Gasteiger partial charge is 0.383 e. The number of aliphatic hydroxyl groups is 1. The van der Waals surface area contributed by atoms with Gasteiger partial charge in [-0.3, -0.25) is 4.79 Å². The van der Waals surface area contributed by atoms with Crippen molar-refractivity contribution in [3.63, 3.8) is 0 Å². The highest BCUT2D eigenvalue weighted by molar-refractivity contribution is 7.08. The zero-order chi connectivity index (χ0) is 19.7. The first-order valence-electron chi connectivity index (χ1n) is 9.04. The first kappa shape index (κ1) is 20.9. The van der Waals surface area contributed by atoms with Crippen molar-refractivity contribution in [3.05, 3.63) is 57.8 Å². The van der Waals surface area contributed by atoms with Crippen LogP contribution in [0.3, 0.4) is 0 Å². The van der Waals surface area contributed by atoms with E-state index in [4.69, 9.17) is 0 Å². The number of aliphatic imine (C=N–C) groups is 1. The van der Waals surface area contributed by atoms with Crippen molar-refractivity contribution >= 4 is 23.2 Å². The molecule has 1 aromatic heterocycles. The minimum Gasteiger partial charge on any atom is -0.383 e. The van der Waals surface area contributed by atoms with Crippen LogP contribution in [0.2, 0.25) is 0 Å². The van der Waals surface area contributed by atoms with Gasteiger partial charge in [-0.2, -0.15) is 11.3 Å². The van der Waals surface area contributed by atoms with Crippen LogP contribution in [-0.2, 0) is 12.0 Å². The first-order valence-corrected chi connectivity index (χ1v) is 9.99. The number of thiophene rings is 1. The van der Waals surface area contributed by atoms with Gasteiger partial charge in [0.05, 0.1) is 6.54 Å². The molecule has 1 aromatic carbocycles. The maximum atomic E-state index is 11.7.